The molecule has 3 heteroatoms. The molecule has 0 spiro atoms. The number of benzene rings is 2. The zero-order chi connectivity index (χ0) is 12.4. The van der Waals surface area contributed by atoms with E-state index in [0.717, 1.165) is 11.6 Å². The lowest BCUT2D eigenvalue weighted by molar-refractivity contribution is 0.511. The lowest BCUT2D eigenvalue weighted by Crippen LogP contribution is -2.04. The first-order chi connectivity index (χ1) is 8.09. The predicted octanol–water partition coefficient (Wildman–Crippen LogP) is 3.65. The quantitative estimate of drug-likeness (QED) is 0.841. The fraction of sp³-hybridized carbons (Fsp3) is 0.143. The number of rotatable bonds is 2. The molecule has 0 amide bonds. The van der Waals surface area contributed by atoms with E-state index >= 15 is 0 Å². The van der Waals surface area contributed by atoms with Crippen LogP contribution in [-0.4, -0.2) is 0 Å². The van der Waals surface area contributed by atoms with Crippen LogP contribution in [-0.2, 0) is 0 Å². The molecule has 0 aliphatic carbocycles. The van der Waals surface area contributed by atoms with Crippen LogP contribution in [0.2, 0.25) is 0 Å². The molecule has 2 rings (SSSR count). The van der Waals surface area contributed by atoms with Crippen LogP contribution in [0.15, 0.2) is 42.5 Å². The molecule has 2 aromatic carbocycles. The monoisotopic (exact) mass is 233 g/mol. The summed E-state index contributed by atoms with van der Waals surface area (Å²) in [5, 5.41) is 0. The Morgan fingerprint density at radius 2 is 1.76 bits per heavy atom. The highest BCUT2D eigenvalue weighted by atomic mass is 19.2. The molecule has 0 heterocycles. The van der Waals surface area contributed by atoms with Crippen molar-refractivity contribution in [2.75, 3.05) is 0 Å². The standard InChI is InChI=1S/C14H13F2N/c1-9(17)10-4-2-5-11(8-10)12-6-3-7-13(15)14(12)16/h2-9H,17H2,1H3. The van der Waals surface area contributed by atoms with Gasteiger partial charge in [0.2, 0.25) is 0 Å². The van der Waals surface area contributed by atoms with Crippen molar-refractivity contribution < 1.29 is 8.78 Å². The van der Waals surface area contributed by atoms with Crippen molar-refractivity contribution in [3.05, 3.63) is 59.7 Å². The maximum atomic E-state index is 13.6. The van der Waals surface area contributed by atoms with Gasteiger partial charge in [0.05, 0.1) is 0 Å². The second-order valence-electron chi connectivity index (χ2n) is 4.02. The first kappa shape index (κ1) is 11.7. The van der Waals surface area contributed by atoms with Crippen molar-refractivity contribution in [2.24, 2.45) is 5.73 Å². The molecule has 1 nitrogen and oxygen atoms in total. The van der Waals surface area contributed by atoms with E-state index in [1.807, 2.05) is 13.0 Å². The fourth-order valence-electron chi connectivity index (χ4n) is 1.72. The molecule has 0 aliphatic heterocycles. The Bertz CT molecular complexity index is 535. The van der Waals surface area contributed by atoms with Gasteiger partial charge in [-0.3, -0.25) is 0 Å². The van der Waals surface area contributed by atoms with Gasteiger partial charge < -0.3 is 5.73 Å². The molecule has 0 radical (unpaired) electrons. The van der Waals surface area contributed by atoms with E-state index in [0.29, 0.717) is 5.56 Å². The van der Waals surface area contributed by atoms with E-state index in [4.69, 9.17) is 5.73 Å². The molecule has 0 saturated heterocycles. The Labute approximate surface area is 98.9 Å². The molecular weight excluding hydrogens is 220 g/mol. The van der Waals surface area contributed by atoms with Crippen LogP contribution in [0.1, 0.15) is 18.5 Å². The Balaban J connectivity index is 2.53. The summed E-state index contributed by atoms with van der Waals surface area (Å²) >= 11 is 0. The molecule has 17 heavy (non-hydrogen) atoms. The molecule has 0 aromatic heterocycles. The summed E-state index contributed by atoms with van der Waals surface area (Å²) in [4.78, 5) is 0. The molecular formula is C14H13F2N. The molecule has 0 aliphatic rings. The van der Waals surface area contributed by atoms with Crippen LogP contribution in [0.3, 0.4) is 0 Å². The van der Waals surface area contributed by atoms with Gasteiger partial charge in [-0.1, -0.05) is 30.3 Å². The topological polar surface area (TPSA) is 26.0 Å². The van der Waals surface area contributed by atoms with Crippen molar-refractivity contribution in [3.8, 4) is 11.1 Å². The van der Waals surface area contributed by atoms with Crippen LogP contribution in [0.4, 0.5) is 8.78 Å². The van der Waals surface area contributed by atoms with Crippen LogP contribution >= 0.6 is 0 Å². The van der Waals surface area contributed by atoms with E-state index in [1.54, 1.807) is 24.3 Å². The summed E-state index contributed by atoms with van der Waals surface area (Å²) in [6, 6.07) is 11.2. The lowest BCUT2D eigenvalue weighted by Gasteiger charge is -2.09. The van der Waals surface area contributed by atoms with E-state index in [-0.39, 0.29) is 11.6 Å². The normalized spacial score (nSPS) is 12.5. The van der Waals surface area contributed by atoms with Gasteiger partial charge in [0.25, 0.3) is 0 Å². The summed E-state index contributed by atoms with van der Waals surface area (Å²) in [6.45, 7) is 1.85. The van der Waals surface area contributed by atoms with Crippen molar-refractivity contribution in [3.63, 3.8) is 0 Å². The molecule has 0 saturated carbocycles. The van der Waals surface area contributed by atoms with Crippen LogP contribution in [0.5, 0.6) is 0 Å². The highest BCUT2D eigenvalue weighted by Crippen LogP contribution is 2.26. The number of nitrogens with two attached hydrogens (primary N) is 1. The molecule has 2 aromatic rings. The van der Waals surface area contributed by atoms with Crippen LogP contribution in [0.25, 0.3) is 11.1 Å². The van der Waals surface area contributed by atoms with E-state index in [1.165, 1.54) is 6.07 Å². The van der Waals surface area contributed by atoms with E-state index in [2.05, 4.69) is 0 Å². The van der Waals surface area contributed by atoms with Gasteiger partial charge in [-0.2, -0.15) is 0 Å². The first-order valence-corrected chi connectivity index (χ1v) is 5.39. The molecule has 1 unspecified atom stereocenters. The SMILES string of the molecule is CC(N)c1cccc(-c2cccc(F)c2F)c1. The number of hydrogen-bond acceptors (Lipinski definition) is 1. The third-order valence-corrected chi connectivity index (χ3v) is 2.68. The average molecular weight is 233 g/mol. The Kier molecular flexibility index (Phi) is 3.20. The predicted molar refractivity (Wildman–Crippen MR) is 64.4 cm³/mol. The van der Waals surface area contributed by atoms with Crippen molar-refractivity contribution >= 4 is 0 Å². The van der Waals surface area contributed by atoms with Gasteiger partial charge in [-0.05, 0) is 30.2 Å². The van der Waals surface area contributed by atoms with Gasteiger partial charge in [-0.15, -0.1) is 0 Å². The minimum Gasteiger partial charge on any atom is -0.324 e. The third kappa shape index (κ3) is 2.34. The maximum Gasteiger partial charge on any atom is 0.166 e. The highest BCUT2D eigenvalue weighted by molar-refractivity contribution is 5.65. The van der Waals surface area contributed by atoms with Gasteiger partial charge in [0.1, 0.15) is 0 Å². The third-order valence-electron chi connectivity index (χ3n) is 2.68. The molecule has 88 valence electrons. The second kappa shape index (κ2) is 4.63. The highest BCUT2D eigenvalue weighted by Gasteiger charge is 2.10. The van der Waals surface area contributed by atoms with Gasteiger partial charge in [0, 0.05) is 11.6 Å². The van der Waals surface area contributed by atoms with Crippen LogP contribution in [0, 0.1) is 11.6 Å². The minimum absolute atomic E-state index is 0.133. The number of halogens is 2. The zero-order valence-electron chi connectivity index (χ0n) is 9.45. The molecule has 1 atom stereocenters. The van der Waals surface area contributed by atoms with Gasteiger partial charge in [0.15, 0.2) is 11.6 Å². The Morgan fingerprint density at radius 1 is 1.06 bits per heavy atom. The average Bonchev–Trinajstić information content (AvgIpc) is 2.33. The number of hydrogen-bond donors (Lipinski definition) is 1. The van der Waals surface area contributed by atoms with Crippen molar-refractivity contribution in [2.45, 2.75) is 13.0 Å². The van der Waals surface area contributed by atoms with E-state index < -0.39 is 11.6 Å². The maximum absolute atomic E-state index is 13.6. The lowest BCUT2D eigenvalue weighted by atomic mass is 10.00. The summed E-state index contributed by atoms with van der Waals surface area (Å²) in [5.41, 5.74) is 7.55. The Morgan fingerprint density at radius 3 is 2.47 bits per heavy atom. The molecule has 2 N–H and O–H groups in total. The summed E-state index contributed by atoms with van der Waals surface area (Å²) in [6.07, 6.45) is 0. The summed E-state index contributed by atoms with van der Waals surface area (Å²) < 4.78 is 26.7. The minimum atomic E-state index is -0.839. The second-order valence-corrected chi connectivity index (χ2v) is 4.02. The fourth-order valence-corrected chi connectivity index (χ4v) is 1.72. The Hall–Kier alpha value is -1.74. The first-order valence-electron chi connectivity index (χ1n) is 5.39. The smallest absolute Gasteiger partial charge is 0.166 e. The van der Waals surface area contributed by atoms with Crippen molar-refractivity contribution in [1.82, 2.24) is 0 Å². The molecule has 0 bridgehead atoms. The van der Waals surface area contributed by atoms with E-state index in [9.17, 15) is 8.78 Å². The summed E-state index contributed by atoms with van der Waals surface area (Å²) in [5.74, 6) is -1.66. The van der Waals surface area contributed by atoms with Gasteiger partial charge >= 0.3 is 0 Å². The molecule has 0 fully saturated rings. The van der Waals surface area contributed by atoms with Gasteiger partial charge in [-0.25, -0.2) is 8.78 Å². The summed E-state index contributed by atoms with van der Waals surface area (Å²) in [7, 11) is 0. The van der Waals surface area contributed by atoms with Crippen molar-refractivity contribution in [1.29, 1.82) is 0 Å². The largest absolute Gasteiger partial charge is 0.324 e. The zero-order valence-corrected chi connectivity index (χ0v) is 9.45. The van der Waals surface area contributed by atoms with Crippen LogP contribution < -0.4 is 5.73 Å².